The van der Waals surface area contributed by atoms with Gasteiger partial charge in [0.05, 0.1) is 12.0 Å². The number of carbonyl (C=O) groups excluding carboxylic acids is 1. The van der Waals surface area contributed by atoms with E-state index in [4.69, 9.17) is 9.84 Å². The largest absolute Gasteiger partial charge is 0.481 e. The van der Waals surface area contributed by atoms with E-state index in [-0.39, 0.29) is 12.1 Å². The van der Waals surface area contributed by atoms with E-state index in [1.807, 2.05) is 0 Å². The zero-order valence-corrected chi connectivity index (χ0v) is 11.4. The Bertz CT molecular complexity index is 342. The monoisotopic (exact) mass is 270 g/mol. The van der Waals surface area contributed by atoms with Gasteiger partial charge in [-0.05, 0) is 25.7 Å². The highest BCUT2D eigenvalue weighted by Crippen LogP contribution is 2.19. The van der Waals surface area contributed by atoms with Crippen LogP contribution in [0.4, 0.5) is 4.79 Å². The second-order valence-corrected chi connectivity index (χ2v) is 5.42. The molecule has 0 aromatic heterocycles. The maximum absolute atomic E-state index is 12.3. The second kappa shape index (κ2) is 6.23. The number of rotatable bonds is 3. The van der Waals surface area contributed by atoms with Crippen molar-refractivity contribution in [2.24, 2.45) is 5.92 Å². The van der Waals surface area contributed by atoms with E-state index in [0.717, 1.165) is 25.9 Å². The van der Waals surface area contributed by atoms with Crippen molar-refractivity contribution in [2.75, 3.05) is 33.3 Å². The summed E-state index contributed by atoms with van der Waals surface area (Å²) in [4.78, 5) is 26.6. The molecule has 108 valence electrons. The van der Waals surface area contributed by atoms with Gasteiger partial charge in [0.2, 0.25) is 0 Å². The lowest BCUT2D eigenvalue weighted by molar-refractivity contribution is -0.143. The van der Waals surface area contributed by atoms with Gasteiger partial charge in [0.25, 0.3) is 0 Å². The number of urea groups is 1. The molecule has 0 bridgehead atoms. The number of hydrogen-bond donors (Lipinski definition) is 1. The second-order valence-electron chi connectivity index (χ2n) is 5.42. The Kier molecular flexibility index (Phi) is 4.63. The van der Waals surface area contributed by atoms with Gasteiger partial charge in [-0.25, -0.2) is 4.79 Å². The predicted molar refractivity (Wildman–Crippen MR) is 68.9 cm³/mol. The molecule has 6 heteroatoms. The minimum atomic E-state index is -0.806. The van der Waals surface area contributed by atoms with Crippen molar-refractivity contribution in [3.05, 3.63) is 0 Å². The summed E-state index contributed by atoms with van der Waals surface area (Å²) in [7, 11) is 1.76. The number of carboxylic acid groups (broad SMARTS) is 1. The number of amides is 2. The molecule has 2 aliphatic heterocycles. The van der Waals surface area contributed by atoms with Crippen LogP contribution >= 0.6 is 0 Å². The lowest BCUT2D eigenvalue weighted by Gasteiger charge is -2.34. The summed E-state index contributed by atoms with van der Waals surface area (Å²) in [6.07, 6.45) is 3.60. The first-order chi connectivity index (χ1) is 9.08. The first kappa shape index (κ1) is 14.1. The Morgan fingerprint density at radius 2 is 2.16 bits per heavy atom. The Morgan fingerprint density at radius 1 is 1.37 bits per heavy atom. The standard InChI is InChI=1S/C13H22N2O4/c1-14(9-11-5-3-7-19-11)13(18)15-6-2-4-10(8-15)12(16)17/h10-11H,2-9H2,1H3,(H,16,17). The number of piperidine rings is 1. The van der Waals surface area contributed by atoms with Gasteiger partial charge in [0, 0.05) is 33.3 Å². The Hall–Kier alpha value is -1.30. The molecular weight excluding hydrogens is 248 g/mol. The van der Waals surface area contributed by atoms with Gasteiger partial charge in [-0.1, -0.05) is 0 Å². The van der Waals surface area contributed by atoms with Crippen LogP contribution < -0.4 is 0 Å². The summed E-state index contributed by atoms with van der Waals surface area (Å²) in [5, 5.41) is 9.03. The molecule has 1 N–H and O–H groups in total. The van der Waals surface area contributed by atoms with Crippen LogP contribution in [-0.2, 0) is 9.53 Å². The number of carbonyl (C=O) groups is 2. The summed E-state index contributed by atoms with van der Waals surface area (Å²) in [6, 6.07) is -0.0820. The van der Waals surface area contributed by atoms with Crippen molar-refractivity contribution in [1.82, 2.24) is 9.80 Å². The highest BCUT2D eigenvalue weighted by Gasteiger charge is 2.30. The molecule has 2 rings (SSSR count). The van der Waals surface area contributed by atoms with Crippen molar-refractivity contribution in [3.63, 3.8) is 0 Å². The zero-order valence-electron chi connectivity index (χ0n) is 11.4. The normalized spacial score (nSPS) is 27.3. The molecule has 0 spiro atoms. The van der Waals surface area contributed by atoms with Crippen molar-refractivity contribution in [3.8, 4) is 0 Å². The summed E-state index contributed by atoms with van der Waals surface area (Å²) < 4.78 is 5.51. The molecule has 2 atom stereocenters. The lowest BCUT2D eigenvalue weighted by atomic mass is 9.99. The zero-order chi connectivity index (χ0) is 13.8. The third-order valence-corrected chi connectivity index (χ3v) is 3.87. The molecule has 2 heterocycles. The van der Waals surface area contributed by atoms with Crippen LogP contribution in [0.3, 0.4) is 0 Å². The Balaban J connectivity index is 1.85. The van der Waals surface area contributed by atoms with Gasteiger partial charge in [-0.15, -0.1) is 0 Å². The molecule has 0 aromatic rings. The number of aliphatic carboxylic acids is 1. The summed E-state index contributed by atoms with van der Waals surface area (Å²) >= 11 is 0. The molecular formula is C13H22N2O4. The van der Waals surface area contributed by atoms with Gasteiger partial charge in [-0.2, -0.15) is 0 Å². The van der Waals surface area contributed by atoms with Crippen molar-refractivity contribution < 1.29 is 19.4 Å². The molecule has 0 aromatic carbocycles. The lowest BCUT2D eigenvalue weighted by Crippen LogP contribution is -2.49. The first-order valence-corrected chi connectivity index (χ1v) is 6.92. The summed E-state index contributed by atoms with van der Waals surface area (Å²) in [5.41, 5.74) is 0. The van der Waals surface area contributed by atoms with Crippen LogP contribution in [0.1, 0.15) is 25.7 Å². The van der Waals surface area contributed by atoms with Gasteiger partial charge in [-0.3, -0.25) is 4.79 Å². The maximum atomic E-state index is 12.3. The van der Waals surface area contributed by atoms with E-state index in [1.165, 1.54) is 0 Å². The van der Waals surface area contributed by atoms with Gasteiger partial charge in [0.1, 0.15) is 0 Å². The van der Waals surface area contributed by atoms with Crippen LogP contribution in [0.5, 0.6) is 0 Å². The topological polar surface area (TPSA) is 70.1 Å². The molecule has 2 unspecified atom stereocenters. The van der Waals surface area contributed by atoms with Crippen LogP contribution in [0.15, 0.2) is 0 Å². The van der Waals surface area contributed by atoms with Gasteiger partial charge < -0.3 is 19.6 Å². The van der Waals surface area contributed by atoms with E-state index in [9.17, 15) is 9.59 Å². The number of ether oxygens (including phenoxy) is 1. The summed E-state index contributed by atoms with van der Waals surface area (Å²) in [5.74, 6) is -1.23. The third kappa shape index (κ3) is 3.59. The fraction of sp³-hybridized carbons (Fsp3) is 0.846. The number of hydrogen-bond acceptors (Lipinski definition) is 3. The van der Waals surface area contributed by atoms with E-state index in [1.54, 1.807) is 16.8 Å². The molecule has 19 heavy (non-hydrogen) atoms. The van der Waals surface area contributed by atoms with Gasteiger partial charge >= 0.3 is 12.0 Å². The van der Waals surface area contributed by atoms with Crippen LogP contribution in [0.2, 0.25) is 0 Å². The molecule has 0 saturated carbocycles. The molecule has 0 radical (unpaired) electrons. The van der Waals surface area contributed by atoms with Crippen LogP contribution in [0.25, 0.3) is 0 Å². The smallest absolute Gasteiger partial charge is 0.319 e. The number of likely N-dealkylation sites (N-methyl/N-ethyl adjacent to an activating group) is 1. The fourth-order valence-corrected chi connectivity index (χ4v) is 2.77. The number of likely N-dealkylation sites (tertiary alicyclic amines) is 1. The summed E-state index contributed by atoms with van der Waals surface area (Å²) in [6.45, 7) is 2.34. The van der Waals surface area contributed by atoms with Gasteiger partial charge in [0.15, 0.2) is 0 Å². The van der Waals surface area contributed by atoms with E-state index >= 15 is 0 Å². The Labute approximate surface area is 113 Å². The fourth-order valence-electron chi connectivity index (χ4n) is 2.77. The SMILES string of the molecule is CN(CC1CCCO1)C(=O)N1CCCC(C(=O)O)C1. The van der Waals surface area contributed by atoms with E-state index in [2.05, 4.69) is 0 Å². The third-order valence-electron chi connectivity index (χ3n) is 3.87. The Morgan fingerprint density at radius 3 is 2.79 bits per heavy atom. The molecule has 2 aliphatic rings. The van der Waals surface area contributed by atoms with E-state index in [0.29, 0.717) is 26.1 Å². The molecule has 2 saturated heterocycles. The average Bonchev–Trinajstić information content (AvgIpc) is 2.90. The molecule has 6 nitrogen and oxygen atoms in total. The van der Waals surface area contributed by atoms with Crippen molar-refractivity contribution in [1.29, 1.82) is 0 Å². The van der Waals surface area contributed by atoms with Crippen molar-refractivity contribution >= 4 is 12.0 Å². The highest BCUT2D eigenvalue weighted by atomic mass is 16.5. The minimum absolute atomic E-state index is 0.0820. The predicted octanol–water partition coefficient (Wildman–Crippen LogP) is 1.01. The molecule has 2 amide bonds. The first-order valence-electron chi connectivity index (χ1n) is 6.92. The van der Waals surface area contributed by atoms with Crippen LogP contribution in [-0.4, -0.2) is 66.3 Å². The molecule has 0 aliphatic carbocycles. The number of nitrogens with zero attached hydrogens (tertiary/aromatic N) is 2. The maximum Gasteiger partial charge on any atom is 0.319 e. The van der Waals surface area contributed by atoms with E-state index < -0.39 is 11.9 Å². The molecule has 2 fully saturated rings. The average molecular weight is 270 g/mol. The van der Waals surface area contributed by atoms with Crippen LogP contribution in [0, 0.1) is 5.92 Å². The minimum Gasteiger partial charge on any atom is -0.481 e. The number of carboxylic acids is 1. The van der Waals surface area contributed by atoms with Crippen molar-refractivity contribution in [2.45, 2.75) is 31.8 Å². The highest BCUT2D eigenvalue weighted by molar-refractivity contribution is 5.76. The quantitative estimate of drug-likeness (QED) is 0.831.